The van der Waals surface area contributed by atoms with Crippen LogP contribution in [0, 0.1) is 0 Å². The predicted octanol–water partition coefficient (Wildman–Crippen LogP) is 1.10. The summed E-state index contributed by atoms with van der Waals surface area (Å²) >= 11 is 0. The number of rotatable bonds is 4. The van der Waals surface area contributed by atoms with E-state index in [9.17, 15) is 9.90 Å². The van der Waals surface area contributed by atoms with Crippen molar-refractivity contribution in [2.75, 3.05) is 26.3 Å². The molecule has 0 aromatic rings. The van der Waals surface area contributed by atoms with Crippen LogP contribution in [0.5, 0.6) is 0 Å². The Morgan fingerprint density at radius 3 is 2.22 bits per heavy atom. The van der Waals surface area contributed by atoms with Crippen molar-refractivity contribution in [3.05, 3.63) is 0 Å². The van der Waals surface area contributed by atoms with Gasteiger partial charge in [0.05, 0.1) is 12.2 Å². The van der Waals surface area contributed by atoms with Gasteiger partial charge >= 0.3 is 0 Å². The summed E-state index contributed by atoms with van der Waals surface area (Å²) in [6, 6.07) is 0. The van der Waals surface area contributed by atoms with Gasteiger partial charge in [0, 0.05) is 6.61 Å². The number of carbonyl (C=O) groups is 1. The van der Waals surface area contributed by atoms with Crippen molar-refractivity contribution in [2.45, 2.75) is 51.7 Å². The Bertz CT molecular complexity index is 220. The summed E-state index contributed by atoms with van der Waals surface area (Å²) in [7, 11) is 0. The molecule has 0 spiro atoms. The van der Waals surface area contributed by atoms with Crippen LogP contribution in [0.4, 0.5) is 0 Å². The van der Waals surface area contributed by atoms with Gasteiger partial charge in [0.2, 0.25) is 0 Å². The lowest BCUT2D eigenvalue weighted by atomic mass is 9.94. The van der Waals surface area contributed by atoms with E-state index in [4.69, 9.17) is 4.74 Å². The summed E-state index contributed by atoms with van der Waals surface area (Å²) in [5, 5.41) is 13.0. The molecule has 0 atom stereocenters. The number of ether oxygens (including phenoxy) is 2. The molecule has 0 saturated carbocycles. The zero-order valence-corrected chi connectivity index (χ0v) is 12.0. The molecule has 1 heterocycles. The Labute approximate surface area is 110 Å². The Kier molecular flexibility index (Phi) is 8.15. The zero-order valence-electron chi connectivity index (χ0n) is 12.0. The molecule has 1 rings (SSSR count). The number of aliphatic hydroxyl groups is 1. The topological polar surface area (TPSA) is 67.8 Å². The second kappa shape index (κ2) is 8.45. The lowest BCUT2D eigenvalue weighted by Crippen LogP contribution is -2.45. The van der Waals surface area contributed by atoms with Gasteiger partial charge in [0.25, 0.3) is 6.47 Å². The number of nitrogens with one attached hydrogen (secondary N) is 1. The average molecular weight is 261 g/mol. The van der Waals surface area contributed by atoms with Crippen LogP contribution >= 0.6 is 0 Å². The molecule has 108 valence electrons. The quantitative estimate of drug-likeness (QED) is 0.742. The number of hydrogen-bond acceptors (Lipinski definition) is 5. The van der Waals surface area contributed by atoms with E-state index in [0.29, 0.717) is 19.7 Å². The molecule has 0 aliphatic carbocycles. The maximum atomic E-state index is 9.84. The highest BCUT2D eigenvalue weighted by Crippen LogP contribution is 2.17. The Hall–Kier alpha value is -0.650. The highest BCUT2D eigenvalue weighted by atomic mass is 16.5. The third kappa shape index (κ3) is 9.39. The van der Waals surface area contributed by atoms with Crippen LogP contribution in [0.2, 0.25) is 0 Å². The number of piperidine rings is 1. The zero-order chi connectivity index (χ0) is 14.1. The number of hydrogen-bond donors (Lipinski definition) is 2. The summed E-state index contributed by atoms with van der Waals surface area (Å²) in [6.45, 7) is 10.9. The van der Waals surface area contributed by atoms with Crippen molar-refractivity contribution in [3.63, 3.8) is 0 Å². The van der Waals surface area contributed by atoms with Gasteiger partial charge in [-0.2, -0.15) is 0 Å². The van der Waals surface area contributed by atoms with Crippen molar-refractivity contribution in [1.82, 2.24) is 5.32 Å². The molecule has 0 aromatic carbocycles. The third-order valence-electron chi connectivity index (χ3n) is 2.51. The molecule has 18 heavy (non-hydrogen) atoms. The summed E-state index contributed by atoms with van der Waals surface area (Å²) in [5.74, 6) is 0. The Balaban J connectivity index is 0.000000360. The lowest BCUT2D eigenvalue weighted by Gasteiger charge is -2.31. The van der Waals surface area contributed by atoms with E-state index >= 15 is 0 Å². The first-order valence-corrected chi connectivity index (χ1v) is 6.45. The number of carbonyl (C=O) groups excluding carboxylic acids is 1. The largest absolute Gasteiger partial charge is 0.462 e. The first-order valence-electron chi connectivity index (χ1n) is 6.45. The van der Waals surface area contributed by atoms with Crippen LogP contribution in [-0.4, -0.2) is 49.1 Å². The Morgan fingerprint density at radius 2 is 1.89 bits per heavy atom. The van der Waals surface area contributed by atoms with Crippen LogP contribution in [0.25, 0.3) is 0 Å². The normalized spacial score (nSPS) is 18.5. The van der Waals surface area contributed by atoms with E-state index in [-0.39, 0.29) is 5.60 Å². The van der Waals surface area contributed by atoms with Gasteiger partial charge in [-0.3, -0.25) is 4.79 Å². The molecule has 5 nitrogen and oxygen atoms in total. The van der Waals surface area contributed by atoms with E-state index in [2.05, 4.69) is 10.1 Å². The first-order chi connectivity index (χ1) is 8.33. The molecule has 0 unspecified atom stereocenters. The third-order valence-corrected chi connectivity index (χ3v) is 2.51. The van der Waals surface area contributed by atoms with Gasteiger partial charge < -0.3 is 19.9 Å². The second-order valence-corrected chi connectivity index (χ2v) is 5.44. The molecule has 0 aromatic heterocycles. The van der Waals surface area contributed by atoms with Gasteiger partial charge in [0.15, 0.2) is 0 Å². The van der Waals surface area contributed by atoms with Crippen molar-refractivity contribution in [1.29, 1.82) is 0 Å². The van der Waals surface area contributed by atoms with E-state index in [0.717, 1.165) is 25.9 Å². The lowest BCUT2D eigenvalue weighted by molar-refractivity contribution is -0.138. The molecular formula is C13H27NO4. The first kappa shape index (κ1) is 17.4. The molecule has 1 aliphatic heterocycles. The standard InChI is InChI=1S/C8H17NO2.C5H10O2/c1-2-11-7-8(10)3-5-9-6-4-8;1-5(2,3)7-4-6/h9-10H,2-7H2,1H3;4H,1-3H3. The minimum Gasteiger partial charge on any atom is -0.462 e. The summed E-state index contributed by atoms with van der Waals surface area (Å²) in [4.78, 5) is 9.60. The molecule has 1 saturated heterocycles. The molecular weight excluding hydrogens is 234 g/mol. The van der Waals surface area contributed by atoms with Crippen LogP contribution < -0.4 is 5.32 Å². The van der Waals surface area contributed by atoms with Crippen LogP contribution in [0.3, 0.4) is 0 Å². The van der Waals surface area contributed by atoms with Crippen LogP contribution in [-0.2, 0) is 14.3 Å². The fraction of sp³-hybridized carbons (Fsp3) is 0.923. The highest BCUT2D eigenvalue weighted by Gasteiger charge is 2.28. The molecule has 0 amide bonds. The second-order valence-electron chi connectivity index (χ2n) is 5.44. The van der Waals surface area contributed by atoms with Gasteiger partial charge in [-0.15, -0.1) is 0 Å². The van der Waals surface area contributed by atoms with Crippen molar-refractivity contribution in [2.24, 2.45) is 0 Å². The monoisotopic (exact) mass is 261 g/mol. The van der Waals surface area contributed by atoms with E-state index in [1.807, 2.05) is 27.7 Å². The molecule has 0 bridgehead atoms. The summed E-state index contributed by atoms with van der Waals surface area (Å²) in [5.41, 5.74) is -0.872. The summed E-state index contributed by atoms with van der Waals surface area (Å²) in [6.07, 6.45) is 1.62. The van der Waals surface area contributed by atoms with E-state index < -0.39 is 5.60 Å². The predicted molar refractivity (Wildman–Crippen MR) is 70.4 cm³/mol. The maximum absolute atomic E-state index is 9.84. The smallest absolute Gasteiger partial charge is 0.293 e. The van der Waals surface area contributed by atoms with Gasteiger partial charge in [0.1, 0.15) is 5.60 Å². The van der Waals surface area contributed by atoms with Crippen molar-refractivity contribution >= 4 is 6.47 Å². The summed E-state index contributed by atoms with van der Waals surface area (Å²) < 4.78 is 9.75. The fourth-order valence-corrected chi connectivity index (χ4v) is 1.47. The molecule has 0 radical (unpaired) electrons. The van der Waals surface area contributed by atoms with Crippen molar-refractivity contribution < 1.29 is 19.4 Å². The van der Waals surface area contributed by atoms with Crippen molar-refractivity contribution in [3.8, 4) is 0 Å². The van der Waals surface area contributed by atoms with Gasteiger partial charge in [-0.1, -0.05) is 0 Å². The Morgan fingerprint density at radius 1 is 1.33 bits per heavy atom. The fourth-order valence-electron chi connectivity index (χ4n) is 1.47. The minimum absolute atomic E-state index is 0.318. The molecule has 5 heteroatoms. The molecule has 1 fully saturated rings. The van der Waals surface area contributed by atoms with E-state index in [1.54, 1.807) is 0 Å². The van der Waals surface area contributed by atoms with Crippen LogP contribution in [0.1, 0.15) is 40.5 Å². The van der Waals surface area contributed by atoms with Gasteiger partial charge in [-0.25, -0.2) is 0 Å². The highest BCUT2D eigenvalue weighted by molar-refractivity contribution is 5.37. The average Bonchev–Trinajstić information content (AvgIpc) is 2.27. The van der Waals surface area contributed by atoms with Crippen LogP contribution in [0.15, 0.2) is 0 Å². The van der Waals surface area contributed by atoms with Gasteiger partial charge in [-0.05, 0) is 53.6 Å². The molecule has 2 N–H and O–H groups in total. The minimum atomic E-state index is -0.554. The molecule has 1 aliphatic rings. The maximum Gasteiger partial charge on any atom is 0.293 e. The van der Waals surface area contributed by atoms with E-state index in [1.165, 1.54) is 0 Å². The SMILES string of the molecule is CC(C)(C)OC=O.CCOCC1(O)CCNCC1.